The third kappa shape index (κ3) is 6.30. The number of nitrogens with zero attached hydrogens (tertiary/aromatic N) is 1. The van der Waals surface area contributed by atoms with Crippen LogP contribution in [0, 0.1) is 0 Å². The molecule has 0 spiro atoms. The van der Waals surface area contributed by atoms with Crippen molar-refractivity contribution in [1.82, 2.24) is 10.2 Å². The van der Waals surface area contributed by atoms with Crippen molar-refractivity contribution < 1.29 is 22.6 Å². The highest BCUT2D eigenvalue weighted by molar-refractivity contribution is 7.87. The molecule has 3 aromatic rings. The Morgan fingerprint density at radius 3 is 2.36 bits per heavy atom. The van der Waals surface area contributed by atoms with Crippen molar-refractivity contribution in [3.63, 3.8) is 0 Å². The van der Waals surface area contributed by atoms with E-state index in [-0.39, 0.29) is 30.5 Å². The normalized spacial score (nSPS) is 15.2. The van der Waals surface area contributed by atoms with Gasteiger partial charge in [0.25, 0.3) is 5.91 Å². The van der Waals surface area contributed by atoms with Gasteiger partial charge >= 0.3 is 10.3 Å². The molecule has 0 aromatic heterocycles. The van der Waals surface area contributed by atoms with Crippen LogP contribution < -0.4 is 10.0 Å². The lowest BCUT2D eigenvalue weighted by Crippen LogP contribution is -2.52. The Balaban J connectivity index is 1.61. The Morgan fingerprint density at radius 1 is 0.972 bits per heavy atom. The fourth-order valence-corrected chi connectivity index (χ4v) is 4.84. The predicted octanol–water partition coefficient (Wildman–Crippen LogP) is 3.74. The number of hydrogen-bond donors (Lipinski definition) is 3. The lowest BCUT2D eigenvalue weighted by Gasteiger charge is -2.36. The maximum Gasteiger partial charge on any atom is 0.357 e. The molecular weight excluding hydrogens is 478 g/mol. The molecule has 8 nitrogen and oxygen atoms in total. The predicted molar refractivity (Wildman–Crippen MR) is 138 cm³/mol. The van der Waals surface area contributed by atoms with Crippen LogP contribution in [0.25, 0.3) is 0 Å². The van der Waals surface area contributed by atoms with E-state index in [9.17, 15) is 18.0 Å². The molecule has 4 rings (SSSR count). The van der Waals surface area contributed by atoms with Gasteiger partial charge in [0.05, 0.1) is 5.69 Å². The van der Waals surface area contributed by atoms with Gasteiger partial charge in [0.1, 0.15) is 6.04 Å². The number of benzene rings is 3. The van der Waals surface area contributed by atoms with Crippen molar-refractivity contribution in [1.29, 1.82) is 0 Å². The second-order valence-corrected chi connectivity index (χ2v) is 10.0. The summed E-state index contributed by atoms with van der Waals surface area (Å²) in [5.41, 5.74) is 4.28. The van der Waals surface area contributed by atoms with Crippen LogP contribution in [0.1, 0.15) is 46.0 Å². The summed E-state index contributed by atoms with van der Waals surface area (Å²) in [5, 5.41) is 2.95. The Bertz CT molecular complexity index is 1340. The summed E-state index contributed by atoms with van der Waals surface area (Å²) in [4.78, 5) is 28.4. The molecule has 1 aliphatic rings. The van der Waals surface area contributed by atoms with E-state index >= 15 is 0 Å². The first kappa shape index (κ1) is 25.4. The fraction of sp³-hybridized carbons (Fsp3) is 0.259. The molecule has 9 heteroatoms. The summed E-state index contributed by atoms with van der Waals surface area (Å²) in [6.07, 6.45) is 2.20. The van der Waals surface area contributed by atoms with E-state index in [1.807, 2.05) is 47.2 Å². The Labute approximate surface area is 211 Å². The van der Waals surface area contributed by atoms with Gasteiger partial charge in [-0.1, -0.05) is 61.9 Å². The van der Waals surface area contributed by atoms with E-state index in [0.29, 0.717) is 17.7 Å². The van der Waals surface area contributed by atoms with E-state index in [0.717, 1.165) is 29.5 Å². The van der Waals surface area contributed by atoms with Gasteiger partial charge < -0.3 is 10.2 Å². The molecule has 3 aromatic carbocycles. The topological polar surface area (TPSA) is 116 Å². The molecule has 2 amide bonds. The molecule has 0 fully saturated rings. The quantitative estimate of drug-likeness (QED) is 0.402. The van der Waals surface area contributed by atoms with Crippen LogP contribution in [0.2, 0.25) is 0 Å². The average molecular weight is 508 g/mol. The number of rotatable bonds is 8. The van der Waals surface area contributed by atoms with Crippen LogP contribution in [0.4, 0.5) is 5.69 Å². The van der Waals surface area contributed by atoms with Crippen LogP contribution in [-0.2, 0) is 41.0 Å². The number of aryl methyl sites for hydroxylation is 1. The summed E-state index contributed by atoms with van der Waals surface area (Å²) in [6, 6.07) is 21.0. The standard InChI is InChI=1S/C27H29N3O5S/c1-2-6-19-9-11-21(12-10-19)27(32)30-18-23-15-24(29-36(33,34)35)14-13-22(23)16-25(30)26(31)28-17-20-7-4-3-5-8-20/h3-5,7-15,25,29H,2,6,16-18H2,1H3,(H,28,31)(H,33,34,35). The molecule has 0 bridgehead atoms. The number of carbonyl (C=O) groups is 2. The van der Waals surface area contributed by atoms with Crippen molar-refractivity contribution in [3.8, 4) is 0 Å². The van der Waals surface area contributed by atoms with Gasteiger partial charge in [0, 0.05) is 25.1 Å². The van der Waals surface area contributed by atoms with Crippen LogP contribution in [0.5, 0.6) is 0 Å². The van der Waals surface area contributed by atoms with Gasteiger partial charge in [-0.15, -0.1) is 0 Å². The lowest BCUT2D eigenvalue weighted by atomic mass is 9.92. The lowest BCUT2D eigenvalue weighted by molar-refractivity contribution is -0.126. The summed E-state index contributed by atoms with van der Waals surface area (Å²) < 4.78 is 33.7. The molecule has 1 unspecified atom stereocenters. The van der Waals surface area contributed by atoms with Crippen LogP contribution >= 0.6 is 0 Å². The van der Waals surface area contributed by atoms with Crippen LogP contribution in [0.3, 0.4) is 0 Å². The van der Waals surface area contributed by atoms with Crippen molar-refractivity contribution in [2.24, 2.45) is 0 Å². The molecule has 1 heterocycles. The maximum atomic E-state index is 13.6. The minimum atomic E-state index is -4.44. The SMILES string of the molecule is CCCc1ccc(C(=O)N2Cc3cc(NS(=O)(=O)O)ccc3CC2C(=O)NCc2ccccc2)cc1. The highest BCUT2D eigenvalue weighted by Gasteiger charge is 2.35. The number of carbonyl (C=O) groups excluding carboxylic acids is 2. The van der Waals surface area contributed by atoms with Crippen LogP contribution in [-0.4, -0.2) is 35.7 Å². The first-order valence-corrected chi connectivity index (χ1v) is 13.3. The minimum Gasteiger partial charge on any atom is -0.350 e. The Kier molecular flexibility index (Phi) is 7.71. The third-order valence-electron chi connectivity index (χ3n) is 6.20. The van der Waals surface area contributed by atoms with E-state index < -0.39 is 16.3 Å². The van der Waals surface area contributed by atoms with Gasteiger partial charge in [-0.3, -0.25) is 18.9 Å². The smallest absolute Gasteiger partial charge is 0.350 e. The van der Waals surface area contributed by atoms with Gasteiger partial charge in [0.2, 0.25) is 5.91 Å². The van der Waals surface area contributed by atoms with Gasteiger partial charge in [-0.05, 0) is 52.9 Å². The van der Waals surface area contributed by atoms with E-state index in [1.165, 1.54) is 11.0 Å². The van der Waals surface area contributed by atoms with E-state index in [2.05, 4.69) is 12.2 Å². The number of fused-ring (bicyclic) bond motifs is 1. The Hall–Kier alpha value is -3.69. The summed E-state index contributed by atoms with van der Waals surface area (Å²) in [6.45, 7) is 2.55. The summed E-state index contributed by atoms with van der Waals surface area (Å²) >= 11 is 0. The largest absolute Gasteiger partial charge is 0.357 e. The summed E-state index contributed by atoms with van der Waals surface area (Å²) in [7, 11) is -4.44. The fourth-order valence-electron chi connectivity index (χ4n) is 4.42. The third-order valence-corrected chi connectivity index (χ3v) is 6.69. The highest BCUT2D eigenvalue weighted by atomic mass is 32.2. The first-order chi connectivity index (χ1) is 17.2. The number of anilines is 1. The molecule has 0 saturated heterocycles. The van der Waals surface area contributed by atoms with Gasteiger partial charge in [-0.2, -0.15) is 8.42 Å². The number of hydrogen-bond acceptors (Lipinski definition) is 4. The van der Waals surface area contributed by atoms with E-state index in [1.54, 1.807) is 24.3 Å². The zero-order valence-electron chi connectivity index (χ0n) is 20.0. The van der Waals surface area contributed by atoms with Crippen molar-refractivity contribution >= 4 is 27.8 Å². The highest BCUT2D eigenvalue weighted by Crippen LogP contribution is 2.28. The van der Waals surface area contributed by atoms with Gasteiger partial charge in [0.15, 0.2) is 0 Å². The zero-order chi connectivity index (χ0) is 25.7. The molecule has 1 atom stereocenters. The molecule has 188 valence electrons. The number of nitrogens with one attached hydrogen (secondary N) is 2. The first-order valence-electron chi connectivity index (χ1n) is 11.8. The molecular formula is C27H29N3O5S. The molecule has 0 aliphatic carbocycles. The zero-order valence-corrected chi connectivity index (χ0v) is 20.8. The van der Waals surface area contributed by atoms with Crippen molar-refractivity contribution in [3.05, 3.63) is 101 Å². The average Bonchev–Trinajstić information content (AvgIpc) is 2.86. The van der Waals surface area contributed by atoms with Crippen molar-refractivity contribution in [2.45, 2.75) is 45.3 Å². The van der Waals surface area contributed by atoms with Crippen LogP contribution in [0.15, 0.2) is 72.8 Å². The van der Waals surface area contributed by atoms with E-state index in [4.69, 9.17) is 4.55 Å². The monoisotopic (exact) mass is 507 g/mol. The molecule has 3 N–H and O–H groups in total. The second kappa shape index (κ2) is 10.9. The minimum absolute atomic E-state index is 0.120. The Morgan fingerprint density at radius 2 is 1.69 bits per heavy atom. The molecule has 1 aliphatic heterocycles. The summed E-state index contributed by atoms with van der Waals surface area (Å²) in [5.74, 6) is -0.544. The van der Waals surface area contributed by atoms with Crippen molar-refractivity contribution in [2.75, 3.05) is 4.72 Å². The molecule has 0 saturated carbocycles. The number of amides is 2. The van der Waals surface area contributed by atoms with Gasteiger partial charge in [-0.25, -0.2) is 0 Å². The molecule has 36 heavy (non-hydrogen) atoms. The maximum absolute atomic E-state index is 13.6. The molecule has 0 radical (unpaired) electrons. The second-order valence-electron chi connectivity index (χ2n) is 8.86.